The number of nitrogens with zero attached hydrogens (tertiary/aromatic N) is 1. The van der Waals surface area contributed by atoms with Crippen molar-refractivity contribution in [2.75, 3.05) is 4.90 Å². The van der Waals surface area contributed by atoms with E-state index in [1.165, 1.54) is 4.90 Å². The van der Waals surface area contributed by atoms with Crippen molar-refractivity contribution in [2.24, 2.45) is 17.8 Å². The molecule has 2 amide bonds. The van der Waals surface area contributed by atoms with Crippen molar-refractivity contribution in [3.63, 3.8) is 0 Å². The van der Waals surface area contributed by atoms with E-state index in [4.69, 9.17) is 11.6 Å². The first-order valence-corrected chi connectivity index (χ1v) is 7.09. The van der Waals surface area contributed by atoms with E-state index in [2.05, 4.69) is 6.92 Å². The van der Waals surface area contributed by atoms with Crippen LogP contribution in [0.1, 0.15) is 26.2 Å². The van der Waals surface area contributed by atoms with Crippen LogP contribution in [0.4, 0.5) is 5.69 Å². The average Bonchev–Trinajstić information content (AvgIpc) is 2.61. The first kappa shape index (κ1) is 12.7. The highest BCUT2D eigenvalue weighted by molar-refractivity contribution is 6.31. The van der Waals surface area contributed by atoms with Gasteiger partial charge < -0.3 is 0 Å². The normalized spacial score (nSPS) is 30.6. The van der Waals surface area contributed by atoms with Crippen LogP contribution < -0.4 is 4.90 Å². The van der Waals surface area contributed by atoms with Gasteiger partial charge in [-0.3, -0.25) is 14.5 Å². The number of rotatable bonds is 1. The van der Waals surface area contributed by atoms with Crippen LogP contribution in [0.2, 0.25) is 5.02 Å². The summed E-state index contributed by atoms with van der Waals surface area (Å²) in [6.07, 6.45) is 2.68. The average molecular weight is 278 g/mol. The lowest BCUT2D eigenvalue weighted by molar-refractivity contribution is -0.122. The highest BCUT2D eigenvalue weighted by atomic mass is 35.5. The van der Waals surface area contributed by atoms with Crippen LogP contribution in [0.25, 0.3) is 0 Å². The van der Waals surface area contributed by atoms with Gasteiger partial charge in [0.2, 0.25) is 11.8 Å². The molecular weight excluding hydrogens is 262 g/mol. The monoisotopic (exact) mass is 277 g/mol. The SMILES string of the molecule is C[C@@H]1CC[C@@H]2C(=O)N(c3cccc(Cl)c3)C(=O)[C@H]2C1. The quantitative estimate of drug-likeness (QED) is 0.739. The molecule has 2 fully saturated rings. The minimum absolute atomic E-state index is 0.0517. The zero-order valence-electron chi connectivity index (χ0n) is 10.8. The summed E-state index contributed by atoms with van der Waals surface area (Å²) in [6, 6.07) is 6.95. The van der Waals surface area contributed by atoms with Crippen LogP contribution in [0.3, 0.4) is 0 Å². The van der Waals surface area contributed by atoms with E-state index in [9.17, 15) is 9.59 Å². The second-order valence-corrected chi connectivity index (χ2v) is 6.06. The summed E-state index contributed by atoms with van der Waals surface area (Å²) in [5, 5.41) is 0.543. The number of carbonyl (C=O) groups excluding carboxylic acids is 2. The van der Waals surface area contributed by atoms with E-state index in [-0.39, 0.29) is 23.7 Å². The topological polar surface area (TPSA) is 37.4 Å². The van der Waals surface area contributed by atoms with Crippen LogP contribution in [-0.4, -0.2) is 11.8 Å². The minimum atomic E-state index is -0.129. The Hall–Kier alpha value is -1.35. The predicted octanol–water partition coefficient (Wildman–Crippen LogP) is 3.27. The molecule has 0 unspecified atom stereocenters. The van der Waals surface area contributed by atoms with Gasteiger partial charge in [0, 0.05) is 5.02 Å². The molecule has 1 aliphatic carbocycles. The smallest absolute Gasteiger partial charge is 0.237 e. The molecule has 2 aliphatic rings. The molecule has 3 atom stereocenters. The number of halogens is 1. The van der Waals surface area contributed by atoms with E-state index < -0.39 is 0 Å². The highest BCUT2D eigenvalue weighted by Gasteiger charge is 2.49. The summed E-state index contributed by atoms with van der Waals surface area (Å²) >= 11 is 5.95. The molecule has 1 heterocycles. The van der Waals surface area contributed by atoms with Crippen LogP contribution in [0.5, 0.6) is 0 Å². The molecule has 19 heavy (non-hydrogen) atoms. The van der Waals surface area contributed by atoms with Crippen LogP contribution in [0, 0.1) is 17.8 Å². The maximum absolute atomic E-state index is 12.5. The van der Waals surface area contributed by atoms with Gasteiger partial charge in [-0.1, -0.05) is 24.6 Å². The van der Waals surface area contributed by atoms with Gasteiger partial charge in [-0.05, 0) is 43.4 Å². The molecule has 0 bridgehead atoms. The van der Waals surface area contributed by atoms with Gasteiger partial charge >= 0.3 is 0 Å². The third-order valence-electron chi connectivity index (χ3n) is 4.25. The number of fused-ring (bicyclic) bond motifs is 1. The lowest BCUT2D eigenvalue weighted by Gasteiger charge is -2.25. The van der Waals surface area contributed by atoms with Gasteiger partial charge in [-0.2, -0.15) is 0 Å². The molecule has 1 saturated carbocycles. The van der Waals surface area contributed by atoms with Crippen molar-refractivity contribution in [3.05, 3.63) is 29.3 Å². The maximum Gasteiger partial charge on any atom is 0.237 e. The van der Waals surface area contributed by atoms with Crippen LogP contribution >= 0.6 is 11.6 Å². The predicted molar refractivity (Wildman–Crippen MR) is 73.9 cm³/mol. The Morgan fingerprint density at radius 2 is 1.89 bits per heavy atom. The fourth-order valence-electron chi connectivity index (χ4n) is 3.26. The van der Waals surface area contributed by atoms with Crippen molar-refractivity contribution in [1.29, 1.82) is 0 Å². The number of hydrogen-bond donors (Lipinski definition) is 0. The third-order valence-corrected chi connectivity index (χ3v) is 4.49. The molecule has 0 spiro atoms. The highest BCUT2D eigenvalue weighted by Crippen LogP contribution is 2.42. The first-order valence-electron chi connectivity index (χ1n) is 6.71. The largest absolute Gasteiger partial charge is 0.274 e. The lowest BCUT2D eigenvalue weighted by atomic mass is 9.76. The van der Waals surface area contributed by atoms with Crippen LogP contribution in [0.15, 0.2) is 24.3 Å². The minimum Gasteiger partial charge on any atom is -0.274 e. The number of benzene rings is 1. The van der Waals surface area contributed by atoms with E-state index >= 15 is 0 Å². The Morgan fingerprint density at radius 3 is 2.63 bits per heavy atom. The van der Waals surface area contributed by atoms with Gasteiger partial charge in [-0.15, -0.1) is 0 Å². The van der Waals surface area contributed by atoms with Crippen molar-refractivity contribution < 1.29 is 9.59 Å². The standard InChI is InChI=1S/C15H16ClNO2/c1-9-5-6-12-13(7-9)15(19)17(14(12)18)11-4-2-3-10(16)8-11/h2-4,8-9,12-13H,5-7H2,1H3/t9-,12+,13+/m1/s1. The molecule has 1 saturated heterocycles. The Labute approximate surface area is 117 Å². The molecule has 3 rings (SSSR count). The lowest BCUT2D eigenvalue weighted by Crippen LogP contribution is -2.30. The van der Waals surface area contributed by atoms with Crippen molar-refractivity contribution in [3.8, 4) is 0 Å². The summed E-state index contributed by atoms with van der Waals surface area (Å²) in [5.74, 6) is 0.170. The molecular formula is C15H16ClNO2. The van der Waals surface area contributed by atoms with E-state index in [0.717, 1.165) is 19.3 Å². The third kappa shape index (κ3) is 2.06. The summed E-state index contributed by atoms with van der Waals surface area (Å²) in [5.41, 5.74) is 0.601. The van der Waals surface area contributed by atoms with Gasteiger partial charge in [-0.25, -0.2) is 0 Å². The molecule has 3 nitrogen and oxygen atoms in total. The van der Waals surface area contributed by atoms with Gasteiger partial charge in [0.05, 0.1) is 17.5 Å². The molecule has 0 aromatic heterocycles. The number of carbonyl (C=O) groups is 2. The Bertz CT molecular complexity index is 543. The zero-order valence-corrected chi connectivity index (χ0v) is 11.6. The zero-order chi connectivity index (χ0) is 13.6. The Morgan fingerprint density at radius 1 is 1.16 bits per heavy atom. The fourth-order valence-corrected chi connectivity index (χ4v) is 3.44. The van der Waals surface area contributed by atoms with Gasteiger partial charge in [0.25, 0.3) is 0 Å². The molecule has 100 valence electrons. The maximum atomic E-state index is 12.5. The Balaban J connectivity index is 1.95. The molecule has 0 N–H and O–H groups in total. The summed E-state index contributed by atoms with van der Waals surface area (Å²) in [4.78, 5) is 26.2. The van der Waals surface area contributed by atoms with Gasteiger partial charge in [0.1, 0.15) is 0 Å². The Kier molecular flexibility index (Phi) is 3.09. The molecule has 1 aromatic rings. The van der Waals surface area contributed by atoms with Crippen molar-refractivity contribution >= 4 is 29.1 Å². The van der Waals surface area contributed by atoms with E-state index in [0.29, 0.717) is 16.6 Å². The number of hydrogen-bond acceptors (Lipinski definition) is 2. The van der Waals surface area contributed by atoms with E-state index in [1.54, 1.807) is 24.3 Å². The van der Waals surface area contributed by atoms with Gasteiger partial charge in [0.15, 0.2) is 0 Å². The summed E-state index contributed by atoms with van der Waals surface area (Å²) in [6.45, 7) is 2.15. The number of anilines is 1. The second kappa shape index (κ2) is 4.64. The number of amides is 2. The van der Waals surface area contributed by atoms with Crippen LogP contribution in [-0.2, 0) is 9.59 Å². The molecule has 1 aliphatic heterocycles. The van der Waals surface area contributed by atoms with E-state index in [1.807, 2.05) is 0 Å². The second-order valence-electron chi connectivity index (χ2n) is 5.62. The molecule has 0 radical (unpaired) electrons. The van der Waals surface area contributed by atoms with Crippen molar-refractivity contribution in [2.45, 2.75) is 26.2 Å². The first-order chi connectivity index (χ1) is 9.08. The number of imide groups is 1. The van der Waals surface area contributed by atoms with Crippen molar-refractivity contribution in [1.82, 2.24) is 0 Å². The summed E-state index contributed by atoms with van der Waals surface area (Å²) < 4.78 is 0. The summed E-state index contributed by atoms with van der Waals surface area (Å²) in [7, 11) is 0. The fraction of sp³-hybridized carbons (Fsp3) is 0.467. The molecule has 4 heteroatoms. The molecule has 1 aromatic carbocycles.